The molecule has 4 N–H and O–H groups in total. The molecule has 0 bridgehead atoms. The molecule has 0 aliphatic heterocycles. The maximum absolute atomic E-state index is 13.0. The summed E-state index contributed by atoms with van der Waals surface area (Å²) < 4.78 is 39.0. The lowest BCUT2D eigenvalue weighted by Gasteiger charge is -2.19. The van der Waals surface area contributed by atoms with Gasteiger partial charge >= 0.3 is 6.18 Å². The van der Waals surface area contributed by atoms with Crippen LogP contribution in [0.2, 0.25) is 0 Å². The zero-order chi connectivity index (χ0) is 18.7. The quantitative estimate of drug-likeness (QED) is 0.666. The first-order valence-electron chi connectivity index (χ1n) is 7.54. The summed E-state index contributed by atoms with van der Waals surface area (Å²) in [4.78, 5) is 16.4. The van der Waals surface area contributed by atoms with E-state index in [-0.39, 0.29) is 17.1 Å². The number of aromatic nitrogens is 3. The highest BCUT2D eigenvalue weighted by molar-refractivity contribution is 5.93. The first-order valence-corrected chi connectivity index (χ1v) is 7.54. The van der Waals surface area contributed by atoms with E-state index in [1.165, 1.54) is 36.7 Å². The molecule has 3 aromatic rings. The molecule has 26 heavy (non-hydrogen) atoms. The number of rotatable bonds is 4. The Morgan fingerprint density at radius 2 is 1.92 bits per heavy atom. The number of aromatic amines is 1. The predicted octanol–water partition coefficient (Wildman–Crippen LogP) is 2.93. The highest BCUT2D eigenvalue weighted by atomic mass is 19.4. The van der Waals surface area contributed by atoms with Gasteiger partial charge in [0.25, 0.3) is 5.91 Å². The molecule has 1 aromatic carbocycles. The molecule has 1 unspecified atom stereocenters. The molecule has 0 aliphatic rings. The summed E-state index contributed by atoms with van der Waals surface area (Å²) in [7, 11) is 0. The summed E-state index contributed by atoms with van der Waals surface area (Å²) in [6.45, 7) is 0. The number of anilines is 1. The number of nitrogens with two attached hydrogens (primary N) is 1. The molecule has 0 fully saturated rings. The summed E-state index contributed by atoms with van der Waals surface area (Å²) in [6, 6.07) is 8.46. The number of nitrogens with one attached hydrogen (secondary N) is 2. The second-order valence-corrected chi connectivity index (χ2v) is 5.51. The van der Waals surface area contributed by atoms with Crippen LogP contribution < -0.4 is 11.1 Å². The normalized spacial score (nSPS) is 12.6. The Bertz CT molecular complexity index is 909. The number of amides is 1. The van der Waals surface area contributed by atoms with Crippen molar-refractivity contribution in [3.8, 4) is 0 Å². The number of nitrogens with zero attached hydrogens (tertiary/aromatic N) is 2. The van der Waals surface area contributed by atoms with Gasteiger partial charge in [0, 0.05) is 11.8 Å². The lowest BCUT2D eigenvalue weighted by atomic mass is 9.99. The summed E-state index contributed by atoms with van der Waals surface area (Å²) in [6.07, 6.45) is -1.56. The second-order valence-electron chi connectivity index (χ2n) is 5.51. The van der Waals surface area contributed by atoms with Crippen molar-refractivity contribution in [3.05, 3.63) is 77.2 Å². The fraction of sp³-hybridized carbons (Fsp3) is 0.118. The van der Waals surface area contributed by atoms with Crippen LogP contribution in [0.25, 0.3) is 0 Å². The molecule has 0 aliphatic carbocycles. The predicted molar refractivity (Wildman–Crippen MR) is 88.0 cm³/mol. The molecule has 2 aromatic heterocycles. The highest BCUT2D eigenvalue weighted by Gasteiger charge is 2.31. The van der Waals surface area contributed by atoms with Gasteiger partial charge in [-0.25, -0.2) is 4.98 Å². The number of pyridine rings is 1. The third-order valence-corrected chi connectivity index (χ3v) is 3.68. The van der Waals surface area contributed by atoms with Crippen molar-refractivity contribution in [3.63, 3.8) is 0 Å². The molecule has 2 heterocycles. The average molecular weight is 361 g/mol. The van der Waals surface area contributed by atoms with Gasteiger partial charge in [0.15, 0.2) is 0 Å². The van der Waals surface area contributed by atoms with Crippen LogP contribution in [0.3, 0.4) is 0 Å². The van der Waals surface area contributed by atoms with Crippen molar-refractivity contribution < 1.29 is 18.0 Å². The zero-order valence-corrected chi connectivity index (χ0v) is 13.3. The van der Waals surface area contributed by atoms with Gasteiger partial charge < -0.3 is 11.1 Å². The Kier molecular flexibility index (Phi) is 4.61. The molecule has 134 valence electrons. The number of carbonyl (C=O) groups is 1. The summed E-state index contributed by atoms with van der Waals surface area (Å²) in [5.41, 5.74) is 5.59. The number of hydrogen-bond acceptors (Lipinski definition) is 4. The van der Waals surface area contributed by atoms with E-state index in [2.05, 4.69) is 20.5 Å². The first-order chi connectivity index (χ1) is 12.3. The molecule has 0 saturated heterocycles. The minimum Gasteiger partial charge on any atom is -0.384 e. The standard InChI is InChI=1S/C17H14F3N5O/c18-17(19,20)12-4-1-3-10(7-12)15(11-8-22-23-9-11)25-16(26)13-5-2-6-14(21)24-13/h1-9,15H,(H2,21,24)(H,22,23)(H,25,26). The lowest BCUT2D eigenvalue weighted by Crippen LogP contribution is -2.30. The van der Waals surface area contributed by atoms with Crippen molar-refractivity contribution >= 4 is 11.7 Å². The molecular weight excluding hydrogens is 347 g/mol. The molecule has 6 nitrogen and oxygen atoms in total. The molecule has 0 radical (unpaired) electrons. The monoisotopic (exact) mass is 361 g/mol. The van der Waals surface area contributed by atoms with E-state index in [0.29, 0.717) is 5.56 Å². The number of benzene rings is 1. The number of alkyl halides is 3. The van der Waals surface area contributed by atoms with Crippen LogP contribution in [0.5, 0.6) is 0 Å². The topological polar surface area (TPSA) is 96.7 Å². The minimum absolute atomic E-state index is 0.0606. The van der Waals surface area contributed by atoms with E-state index in [1.807, 2.05) is 0 Å². The maximum Gasteiger partial charge on any atom is 0.416 e. The van der Waals surface area contributed by atoms with Crippen LogP contribution in [0.1, 0.15) is 33.2 Å². The van der Waals surface area contributed by atoms with Crippen molar-refractivity contribution in [2.45, 2.75) is 12.2 Å². The number of hydrogen-bond donors (Lipinski definition) is 3. The Balaban J connectivity index is 1.96. The Hall–Kier alpha value is -3.36. The van der Waals surface area contributed by atoms with Crippen LogP contribution in [-0.4, -0.2) is 21.1 Å². The largest absolute Gasteiger partial charge is 0.416 e. The molecule has 3 rings (SSSR count). The third-order valence-electron chi connectivity index (χ3n) is 3.68. The van der Waals surface area contributed by atoms with Gasteiger partial charge in [-0.15, -0.1) is 0 Å². The van der Waals surface area contributed by atoms with Crippen LogP contribution in [-0.2, 0) is 6.18 Å². The van der Waals surface area contributed by atoms with Crippen molar-refractivity contribution in [1.29, 1.82) is 0 Å². The first kappa shape index (κ1) is 17.5. The van der Waals surface area contributed by atoms with E-state index in [4.69, 9.17) is 5.73 Å². The fourth-order valence-electron chi connectivity index (χ4n) is 2.46. The van der Waals surface area contributed by atoms with Crippen LogP contribution in [0.4, 0.5) is 19.0 Å². The number of halogens is 3. The van der Waals surface area contributed by atoms with Gasteiger partial charge in [0.2, 0.25) is 0 Å². The van der Waals surface area contributed by atoms with E-state index in [9.17, 15) is 18.0 Å². The molecule has 0 spiro atoms. The number of H-pyrrole nitrogens is 1. The fourth-order valence-corrected chi connectivity index (χ4v) is 2.46. The van der Waals surface area contributed by atoms with E-state index >= 15 is 0 Å². The molecule has 1 atom stereocenters. The molecule has 0 saturated carbocycles. The Morgan fingerprint density at radius 3 is 2.58 bits per heavy atom. The van der Waals surface area contributed by atoms with Gasteiger partial charge in [0.1, 0.15) is 11.5 Å². The zero-order valence-electron chi connectivity index (χ0n) is 13.3. The third kappa shape index (κ3) is 3.82. The van der Waals surface area contributed by atoms with Gasteiger partial charge in [-0.2, -0.15) is 18.3 Å². The van der Waals surface area contributed by atoms with E-state index in [1.54, 1.807) is 6.07 Å². The maximum atomic E-state index is 13.0. The van der Waals surface area contributed by atoms with Crippen LogP contribution in [0.15, 0.2) is 54.9 Å². The number of nitrogen functional groups attached to an aromatic ring is 1. The summed E-state index contributed by atoms with van der Waals surface area (Å²) >= 11 is 0. The van der Waals surface area contributed by atoms with Crippen molar-refractivity contribution in [1.82, 2.24) is 20.5 Å². The smallest absolute Gasteiger partial charge is 0.384 e. The molecule has 1 amide bonds. The molecular formula is C17H14F3N5O. The Labute approximate surface area is 146 Å². The molecule has 9 heteroatoms. The van der Waals surface area contributed by atoms with Crippen LogP contribution >= 0.6 is 0 Å². The Morgan fingerprint density at radius 1 is 1.15 bits per heavy atom. The van der Waals surface area contributed by atoms with E-state index in [0.717, 1.165) is 12.1 Å². The summed E-state index contributed by atoms with van der Waals surface area (Å²) in [5.74, 6) is -0.405. The minimum atomic E-state index is -4.49. The van der Waals surface area contributed by atoms with Crippen molar-refractivity contribution in [2.24, 2.45) is 0 Å². The van der Waals surface area contributed by atoms with Crippen LogP contribution in [0, 0.1) is 0 Å². The average Bonchev–Trinajstić information content (AvgIpc) is 3.13. The van der Waals surface area contributed by atoms with Gasteiger partial charge in [-0.1, -0.05) is 18.2 Å². The second kappa shape index (κ2) is 6.87. The SMILES string of the molecule is Nc1cccc(C(=O)NC(c2cn[nH]c2)c2cccc(C(F)(F)F)c2)n1. The van der Waals surface area contributed by atoms with Crippen molar-refractivity contribution in [2.75, 3.05) is 5.73 Å². The van der Waals surface area contributed by atoms with Gasteiger partial charge in [0.05, 0.1) is 17.8 Å². The van der Waals surface area contributed by atoms with Gasteiger partial charge in [-0.3, -0.25) is 9.89 Å². The van der Waals surface area contributed by atoms with E-state index < -0.39 is 23.7 Å². The van der Waals surface area contributed by atoms with Gasteiger partial charge in [-0.05, 0) is 29.8 Å². The lowest BCUT2D eigenvalue weighted by molar-refractivity contribution is -0.137. The summed E-state index contributed by atoms with van der Waals surface area (Å²) in [5, 5.41) is 9.06. The number of carbonyl (C=O) groups excluding carboxylic acids is 1. The highest BCUT2D eigenvalue weighted by Crippen LogP contribution is 2.32.